The van der Waals surface area contributed by atoms with E-state index in [1.807, 2.05) is 0 Å². The van der Waals surface area contributed by atoms with Gasteiger partial charge in [-0.2, -0.15) is 0 Å². The van der Waals surface area contributed by atoms with Gasteiger partial charge in [-0.25, -0.2) is 0 Å². The van der Waals surface area contributed by atoms with Gasteiger partial charge in [0.25, 0.3) is 0 Å². The predicted molar refractivity (Wildman–Crippen MR) is 112 cm³/mol. The second kappa shape index (κ2) is 9.70. The number of hydrogen-bond donors (Lipinski definition) is 0. The van der Waals surface area contributed by atoms with Crippen molar-refractivity contribution in [2.24, 2.45) is 0 Å². The van der Waals surface area contributed by atoms with E-state index in [2.05, 4.69) is 72.2 Å². The number of aryl methyl sites for hydroxylation is 3. The topological polar surface area (TPSA) is 23.6 Å². The van der Waals surface area contributed by atoms with Crippen molar-refractivity contribution in [1.29, 1.82) is 0 Å². The average molecular weight is 365 g/mol. The molecule has 0 aromatic heterocycles. The second-order valence-electron chi connectivity index (χ2n) is 7.61. The van der Waals surface area contributed by atoms with E-state index in [1.54, 1.807) is 0 Å². The smallest absolute Gasteiger partial charge is 0.222 e. The molecule has 3 nitrogen and oxygen atoms in total. The van der Waals surface area contributed by atoms with Gasteiger partial charge in [0.15, 0.2) is 0 Å². The van der Waals surface area contributed by atoms with Crippen molar-refractivity contribution in [3.05, 3.63) is 70.8 Å². The minimum Gasteiger partial charge on any atom is -0.341 e. The molecule has 0 atom stereocenters. The SMILES string of the molecule is CCc1ccc(CCC(=O)N2CCCN(Cc3ccccc3C)CC2)cc1. The lowest BCUT2D eigenvalue weighted by molar-refractivity contribution is -0.131. The number of hydrogen-bond acceptors (Lipinski definition) is 2. The first-order chi connectivity index (χ1) is 13.2. The first-order valence-corrected chi connectivity index (χ1v) is 10.3. The zero-order valence-electron chi connectivity index (χ0n) is 16.8. The Bertz CT molecular complexity index is 738. The van der Waals surface area contributed by atoms with Crippen LogP contribution in [0.2, 0.25) is 0 Å². The molecule has 144 valence electrons. The fourth-order valence-electron chi connectivity index (χ4n) is 3.76. The fraction of sp³-hybridized carbons (Fsp3) is 0.458. The van der Waals surface area contributed by atoms with Crippen molar-refractivity contribution in [1.82, 2.24) is 9.80 Å². The Hall–Kier alpha value is -2.13. The molecule has 0 unspecified atom stereocenters. The Balaban J connectivity index is 1.48. The highest BCUT2D eigenvalue weighted by molar-refractivity contribution is 5.76. The minimum absolute atomic E-state index is 0.298. The van der Waals surface area contributed by atoms with Crippen molar-refractivity contribution >= 4 is 5.91 Å². The highest BCUT2D eigenvalue weighted by Crippen LogP contribution is 2.14. The van der Waals surface area contributed by atoms with Gasteiger partial charge in [0, 0.05) is 39.1 Å². The monoisotopic (exact) mass is 364 g/mol. The van der Waals surface area contributed by atoms with Crippen LogP contribution in [0.3, 0.4) is 0 Å². The number of benzene rings is 2. The normalized spacial score (nSPS) is 15.6. The molecule has 2 aromatic rings. The Morgan fingerprint density at radius 3 is 2.41 bits per heavy atom. The summed E-state index contributed by atoms with van der Waals surface area (Å²) in [7, 11) is 0. The maximum absolute atomic E-state index is 12.7. The van der Waals surface area contributed by atoms with Gasteiger partial charge in [-0.1, -0.05) is 55.5 Å². The van der Waals surface area contributed by atoms with Crippen molar-refractivity contribution < 1.29 is 4.79 Å². The largest absolute Gasteiger partial charge is 0.341 e. The van der Waals surface area contributed by atoms with Crippen LogP contribution in [0.5, 0.6) is 0 Å². The summed E-state index contributed by atoms with van der Waals surface area (Å²) in [4.78, 5) is 17.2. The van der Waals surface area contributed by atoms with E-state index in [0.717, 1.165) is 52.0 Å². The van der Waals surface area contributed by atoms with E-state index in [4.69, 9.17) is 0 Å². The molecule has 1 saturated heterocycles. The van der Waals surface area contributed by atoms with Crippen molar-refractivity contribution in [2.75, 3.05) is 26.2 Å². The Kier molecular flexibility index (Phi) is 7.05. The predicted octanol–water partition coefficient (Wildman–Crippen LogP) is 4.22. The summed E-state index contributed by atoms with van der Waals surface area (Å²) in [5.41, 5.74) is 5.36. The molecular weight excluding hydrogens is 332 g/mol. The molecule has 1 fully saturated rings. The Morgan fingerprint density at radius 1 is 0.926 bits per heavy atom. The fourth-order valence-corrected chi connectivity index (χ4v) is 3.76. The molecule has 0 aliphatic carbocycles. The third-order valence-electron chi connectivity index (χ3n) is 5.66. The first kappa shape index (κ1) is 19.6. The molecule has 0 N–H and O–H groups in total. The highest BCUT2D eigenvalue weighted by Gasteiger charge is 2.19. The third-order valence-corrected chi connectivity index (χ3v) is 5.66. The van der Waals surface area contributed by atoms with E-state index in [1.165, 1.54) is 22.3 Å². The lowest BCUT2D eigenvalue weighted by atomic mass is 10.1. The molecular formula is C24H32N2O. The number of carbonyl (C=O) groups excluding carboxylic acids is 1. The van der Waals surface area contributed by atoms with E-state index in [-0.39, 0.29) is 0 Å². The van der Waals surface area contributed by atoms with Gasteiger partial charge in [-0.3, -0.25) is 9.69 Å². The molecule has 3 rings (SSSR count). The molecule has 3 heteroatoms. The first-order valence-electron chi connectivity index (χ1n) is 10.3. The standard InChI is InChI=1S/C24H32N2O/c1-3-21-9-11-22(12-10-21)13-14-24(27)26-16-6-15-25(17-18-26)19-23-8-5-4-7-20(23)2/h4-5,7-12H,3,6,13-19H2,1-2H3. The summed E-state index contributed by atoms with van der Waals surface area (Å²) in [6.45, 7) is 9.09. The van der Waals surface area contributed by atoms with Gasteiger partial charge < -0.3 is 4.90 Å². The van der Waals surface area contributed by atoms with Crippen molar-refractivity contribution in [3.8, 4) is 0 Å². The summed E-state index contributed by atoms with van der Waals surface area (Å²) in [5.74, 6) is 0.298. The maximum Gasteiger partial charge on any atom is 0.222 e. The Labute approximate surface area is 164 Å². The molecule has 1 aliphatic heterocycles. The highest BCUT2D eigenvalue weighted by atomic mass is 16.2. The zero-order valence-corrected chi connectivity index (χ0v) is 16.8. The molecule has 1 amide bonds. The molecule has 2 aromatic carbocycles. The lowest BCUT2D eigenvalue weighted by Crippen LogP contribution is -2.35. The number of amides is 1. The molecule has 0 bridgehead atoms. The lowest BCUT2D eigenvalue weighted by Gasteiger charge is -2.22. The average Bonchev–Trinajstić information content (AvgIpc) is 2.94. The second-order valence-corrected chi connectivity index (χ2v) is 7.61. The summed E-state index contributed by atoms with van der Waals surface area (Å²) in [6.07, 6.45) is 3.57. The Morgan fingerprint density at radius 2 is 1.67 bits per heavy atom. The van der Waals surface area contributed by atoms with E-state index < -0.39 is 0 Å². The van der Waals surface area contributed by atoms with Gasteiger partial charge in [0.1, 0.15) is 0 Å². The van der Waals surface area contributed by atoms with E-state index in [0.29, 0.717) is 12.3 Å². The third kappa shape index (κ3) is 5.67. The van der Waals surface area contributed by atoms with Crippen LogP contribution in [0.15, 0.2) is 48.5 Å². The number of carbonyl (C=O) groups is 1. The molecule has 0 saturated carbocycles. The van der Waals surface area contributed by atoms with Crippen LogP contribution in [-0.2, 0) is 24.2 Å². The van der Waals surface area contributed by atoms with Crippen LogP contribution >= 0.6 is 0 Å². The summed E-state index contributed by atoms with van der Waals surface area (Å²) >= 11 is 0. The van der Waals surface area contributed by atoms with Crippen LogP contribution in [-0.4, -0.2) is 41.9 Å². The summed E-state index contributed by atoms with van der Waals surface area (Å²) < 4.78 is 0. The molecule has 0 radical (unpaired) electrons. The van der Waals surface area contributed by atoms with Gasteiger partial charge in [-0.05, 0) is 48.4 Å². The maximum atomic E-state index is 12.7. The van der Waals surface area contributed by atoms with Crippen LogP contribution in [0, 0.1) is 6.92 Å². The number of rotatable bonds is 6. The minimum atomic E-state index is 0.298. The molecule has 0 spiro atoms. The van der Waals surface area contributed by atoms with Crippen molar-refractivity contribution in [2.45, 2.75) is 46.1 Å². The molecule has 1 heterocycles. The van der Waals surface area contributed by atoms with E-state index >= 15 is 0 Å². The summed E-state index contributed by atoms with van der Waals surface area (Å²) in [5, 5.41) is 0. The van der Waals surface area contributed by atoms with Crippen molar-refractivity contribution in [3.63, 3.8) is 0 Å². The van der Waals surface area contributed by atoms with Crippen LogP contribution in [0.25, 0.3) is 0 Å². The van der Waals surface area contributed by atoms with Gasteiger partial charge in [-0.15, -0.1) is 0 Å². The van der Waals surface area contributed by atoms with Crippen LogP contribution in [0.4, 0.5) is 0 Å². The van der Waals surface area contributed by atoms with Gasteiger partial charge in [0.05, 0.1) is 0 Å². The van der Waals surface area contributed by atoms with Crippen LogP contribution < -0.4 is 0 Å². The quantitative estimate of drug-likeness (QED) is 0.766. The van der Waals surface area contributed by atoms with Gasteiger partial charge >= 0.3 is 0 Å². The molecule has 27 heavy (non-hydrogen) atoms. The zero-order chi connectivity index (χ0) is 19.1. The number of nitrogens with zero attached hydrogens (tertiary/aromatic N) is 2. The summed E-state index contributed by atoms with van der Waals surface area (Å²) in [6, 6.07) is 17.3. The van der Waals surface area contributed by atoms with Crippen LogP contribution in [0.1, 0.15) is 42.0 Å². The molecule has 1 aliphatic rings. The van der Waals surface area contributed by atoms with E-state index in [9.17, 15) is 4.79 Å². The van der Waals surface area contributed by atoms with Gasteiger partial charge in [0.2, 0.25) is 5.91 Å².